The van der Waals surface area contributed by atoms with E-state index in [1.54, 1.807) is 7.11 Å². The molecule has 3 rings (SSSR count). The highest BCUT2D eigenvalue weighted by molar-refractivity contribution is 5.60. The van der Waals surface area contributed by atoms with Crippen molar-refractivity contribution >= 4 is 0 Å². The minimum absolute atomic E-state index is 0.515. The van der Waals surface area contributed by atoms with E-state index in [1.807, 2.05) is 30.3 Å². The van der Waals surface area contributed by atoms with E-state index in [1.165, 1.54) is 6.42 Å². The molecule has 5 nitrogen and oxygen atoms in total. The first-order valence-corrected chi connectivity index (χ1v) is 9.56. The van der Waals surface area contributed by atoms with Gasteiger partial charge < -0.3 is 19.3 Å². The standard InChI is InChI=1S/C21H30N2O3/c1-4-16(2)15-23-10-8-21(24,9-11-23)14-19-13-20(22-26-19)17-6-5-7-18(12-17)25-3/h5-7,12-13,16,24H,4,8-11,14-15H2,1-3H3/t16-/m1/s1. The Balaban J connectivity index is 1.60. The summed E-state index contributed by atoms with van der Waals surface area (Å²) in [6, 6.07) is 9.68. The Bertz CT molecular complexity index is 705. The predicted molar refractivity (Wildman–Crippen MR) is 102 cm³/mol. The quantitative estimate of drug-likeness (QED) is 0.816. The molecule has 1 aromatic carbocycles. The molecule has 0 radical (unpaired) electrons. The third kappa shape index (κ3) is 4.65. The van der Waals surface area contributed by atoms with Crippen molar-refractivity contribution < 1.29 is 14.4 Å². The first-order chi connectivity index (χ1) is 12.5. The van der Waals surface area contributed by atoms with Crippen molar-refractivity contribution in [3.05, 3.63) is 36.1 Å². The van der Waals surface area contributed by atoms with Crippen LogP contribution in [0.4, 0.5) is 0 Å². The SMILES string of the molecule is CC[C@@H](C)CN1CCC(O)(Cc2cc(-c3cccc(OC)c3)no2)CC1. The number of methoxy groups -OCH3 is 1. The fourth-order valence-electron chi connectivity index (χ4n) is 3.54. The van der Waals surface area contributed by atoms with Crippen LogP contribution in [0.5, 0.6) is 5.75 Å². The molecule has 2 heterocycles. The maximum Gasteiger partial charge on any atom is 0.140 e. The van der Waals surface area contributed by atoms with Crippen molar-refractivity contribution in [3.8, 4) is 17.0 Å². The van der Waals surface area contributed by atoms with Gasteiger partial charge in [0, 0.05) is 37.7 Å². The number of rotatable bonds is 7. The summed E-state index contributed by atoms with van der Waals surface area (Å²) in [7, 11) is 1.65. The molecule has 1 aliphatic rings. The molecule has 1 fully saturated rings. The number of piperidine rings is 1. The van der Waals surface area contributed by atoms with Crippen molar-refractivity contribution in [1.82, 2.24) is 10.1 Å². The van der Waals surface area contributed by atoms with Gasteiger partial charge in [0.1, 0.15) is 17.2 Å². The van der Waals surface area contributed by atoms with Crippen LogP contribution in [0.15, 0.2) is 34.9 Å². The van der Waals surface area contributed by atoms with Crippen LogP contribution in [-0.4, -0.2) is 47.5 Å². The van der Waals surface area contributed by atoms with E-state index >= 15 is 0 Å². The summed E-state index contributed by atoms with van der Waals surface area (Å²) in [5.74, 6) is 2.24. The van der Waals surface area contributed by atoms with E-state index in [-0.39, 0.29) is 0 Å². The summed E-state index contributed by atoms with van der Waals surface area (Å²) in [4.78, 5) is 2.46. The Kier molecular flexibility index (Phi) is 5.99. The molecule has 26 heavy (non-hydrogen) atoms. The second kappa shape index (κ2) is 8.23. The highest BCUT2D eigenvalue weighted by atomic mass is 16.5. The highest BCUT2D eigenvalue weighted by Gasteiger charge is 2.34. The lowest BCUT2D eigenvalue weighted by Crippen LogP contribution is -2.46. The zero-order valence-corrected chi connectivity index (χ0v) is 16.1. The molecule has 2 aromatic rings. The average molecular weight is 358 g/mol. The van der Waals surface area contributed by atoms with Gasteiger partial charge in [0.05, 0.1) is 12.7 Å². The number of hydrogen-bond donors (Lipinski definition) is 1. The van der Waals surface area contributed by atoms with Gasteiger partial charge in [-0.2, -0.15) is 0 Å². The van der Waals surface area contributed by atoms with E-state index in [0.29, 0.717) is 12.3 Å². The van der Waals surface area contributed by atoms with Crippen LogP contribution in [0, 0.1) is 5.92 Å². The molecule has 0 saturated carbocycles. The van der Waals surface area contributed by atoms with Crippen LogP contribution >= 0.6 is 0 Å². The summed E-state index contributed by atoms with van der Waals surface area (Å²) in [6.07, 6.45) is 3.27. The summed E-state index contributed by atoms with van der Waals surface area (Å²) in [5.41, 5.74) is 1.03. The van der Waals surface area contributed by atoms with Gasteiger partial charge in [-0.1, -0.05) is 37.6 Å². The van der Waals surface area contributed by atoms with E-state index in [9.17, 15) is 5.11 Å². The topological polar surface area (TPSA) is 58.7 Å². The number of benzene rings is 1. The molecule has 0 aliphatic carbocycles. The van der Waals surface area contributed by atoms with Crippen LogP contribution in [0.3, 0.4) is 0 Å². The summed E-state index contributed by atoms with van der Waals surface area (Å²) in [5, 5.41) is 15.1. The molecule has 0 amide bonds. The minimum atomic E-state index is -0.697. The number of hydrogen-bond acceptors (Lipinski definition) is 5. The minimum Gasteiger partial charge on any atom is -0.497 e. The van der Waals surface area contributed by atoms with Crippen LogP contribution in [0.2, 0.25) is 0 Å². The second-order valence-electron chi connectivity index (χ2n) is 7.63. The first-order valence-electron chi connectivity index (χ1n) is 9.56. The fraction of sp³-hybridized carbons (Fsp3) is 0.571. The lowest BCUT2D eigenvalue weighted by Gasteiger charge is -2.38. The third-order valence-electron chi connectivity index (χ3n) is 5.48. The second-order valence-corrected chi connectivity index (χ2v) is 7.63. The molecular weight excluding hydrogens is 328 g/mol. The van der Waals surface area contributed by atoms with E-state index in [0.717, 1.165) is 55.2 Å². The highest BCUT2D eigenvalue weighted by Crippen LogP contribution is 2.29. The molecule has 1 N–H and O–H groups in total. The van der Waals surface area contributed by atoms with Crippen LogP contribution in [-0.2, 0) is 6.42 Å². The molecule has 1 saturated heterocycles. The molecule has 1 aromatic heterocycles. The van der Waals surface area contributed by atoms with Crippen LogP contribution in [0.25, 0.3) is 11.3 Å². The number of ether oxygens (including phenoxy) is 1. The van der Waals surface area contributed by atoms with Gasteiger partial charge in [0.25, 0.3) is 0 Å². The van der Waals surface area contributed by atoms with Crippen molar-refractivity contribution in [1.29, 1.82) is 0 Å². The fourth-order valence-corrected chi connectivity index (χ4v) is 3.54. The Morgan fingerprint density at radius 1 is 1.31 bits per heavy atom. The molecular formula is C21H30N2O3. The molecule has 0 spiro atoms. The lowest BCUT2D eigenvalue weighted by molar-refractivity contribution is -0.0272. The molecule has 142 valence electrons. The zero-order chi connectivity index (χ0) is 18.6. The zero-order valence-electron chi connectivity index (χ0n) is 16.1. The van der Waals surface area contributed by atoms with E-state index in [4.69, 9.17) is 9.26 Å². The Labute approximate surface area is 155 Å². The van der Waals surface area contributed by atoms with Gasteiger partial charge in [0.15, 0.2) is 0 Å². The van der Waals surface area contributed by atoms with Crippen molar-refractivity contribution in [2.24, 2.45) is 5.92 Å². The number of aromatic nitrogens is 1. The largest absolute Gasteiger partial charge is 0.497 e. The third-order valence-corrected chi connectivity index (χ3v) is 5.48. The van der Waals surface area contributed by atoms with Crippen molar-refractivity contribution in [2.45, 2.75) is 45.1 Å². The number of likely N-dealkylation sites (tertiary alicyclic amines) is 1. The summed E-state index contributed by atoms with van der Waals surface area (Å²) < 4.78 is 10.8. The Hall–Kier alpha value is -1.85. The number of nitrogens with zero attached hydrogens (tertiary/aromatic N) is 2. The van der Waals surface area contributed by atoms with Gasteiger partial charge in [0.2, 0.25) is 0 Å². The first kappa shape index (κ1) is 18.9. The molecule has 0 bridgehead atoms. The van der Waals surface area contributed by atoms with Crippen LogP contribution < -0.4 is 4.74 Å². The molecule has 1 aliphatic heterocycles. The van der Waals surface area contributed by atoms with Gasteiger partial charge in [-0.05, 0) is 30.9 Å². The number of aliphatic hydroxyl groups is 1. The predicted octanol–water partition coefficient (Wildman–Crippen LogP) is 3.77. The van der Waals surface area contributed by atoms with E-state index in [2.05, 4.69) is 23.9 Å². The Morgan fingerprint density at radius 3 is 2.77 bits per heavy atom. The van der Waals surface area contributed by atoms with Gasteiger partial charge in [-0.15, -0.1) is 0 Å². The summed E-state index contributed by atoms with van der Waals surface area (Å²) >= 11 is 0. The average Bonchev–Trinajstić information content (AvgIpc) is 3.11. The van der Waals surface area contributed by atoms with Crippen molar-refractivity contribution in [2.75, 3.05) is 26.7 Å². The molecule has 0 unspecified atom stereocenters. The van der Waals surface area contributed by atoms with Crippen LogP contribution in [0.1, 0.15) is 38.9 Å². The van der Waals surface area contributed by atoms with Crippen molar-refractivity contribution in [3.63, 3.8) is 0 Å². The summed E-state index contributed by atoms with van der Waals surface area (Å²) in [6.45, 7) is 7.52. The monoisotopic (exact) mass is 358 g/mol. The maximum absolute atomic E-state index is 11.0. The molecule has 1 atom stereocenters. The van der Waals surface area contributed by atoms with E-state index < -0.39 is 5.60 Å². The van der Waals surface area contributed by atoms with Gasteiger partial charge in [-0.25, -0.2) is 0 Å². The lowest BCUT2D eigenvalue weighted by atomic mass is 9.87. The normalized spacial score (nSPS) is 18.6. The maximum atomic E-state index is 11.0. The van der Waals surface area contributed by atoms with Gasteiger partial charge >= 0.3 is 0 Å². The molecule has 5 heteroatoms. The smallest absolute Gasteiger partial charge is 0.140 e. The Morgan fingerprint density at radius 2 is 2.08 bits per heavy atom. The van der Waals surface area contributed by atoms with Gasteiger partial charge in [-0.3, -0.25) is 0 Å².